The van der Waals surface area contributed by atoms with Crippen molar-refractivity contribution in [1.82, 2.24) is 0 Å². The van der Waals surface area contributed by atoms with Gasteiger partial charge in [-0.1, -0.05) is 0 Å². The van der Waals surface area contributed by atoms with Crippen LogP contribution in [0.2, 0.25) is 0 Å². The van der Waals surface area contributed by atoms with Crippen molar-refractivity contribution < 1.29 is 29.9 Å². The van der Waals surface area contributed by atoms with Crippen LogP contribution in [0.4, 0.5) is 0 Å². The second kappa shape index (κ2) is 5.01. The number of hydrogen-bond donors (Lipinski definition) is 4. The van der Waals surface area contributed by atoms with E-state index >= 15 is 0 Å². The first-order chi connectivity index (χ1) is 6.57. The van der Waals surface area contributed by atoms with Crippen LogP contribution >= 0.6 is 0 Å². The van der Waals surface area contributed by atoms with Gasteiger partial charge in [-0.05, 0) is 6.92 Å². The second-order valence-electron chi connectivity index (χ2n) is 3.27. The number of ether oxygens (including phenoxy) is 2. The van der Waals surface area contributed by atoms with Crippen LogP contribution in [-0.4, -0.2) is 64.3 Å². The molecule has 1 aliphatic rings. The third-order valence-corrected chi connectivity index (χ3v) is 2.20. The molecule has 0 unspecified atom stereocenters. The molecular formula is C8H16O6. The number of aliphatic hydroxyl groups excluding tert-OH is 4. The standard InChI is InChI=1S/C8H16O6/c1-4-5(10)6(11)7(8(12)14-4)13-3-2-9/h4-12H,2-3H2,1H3/t4-,5+,6+,7-,8-/m0/s1. The van der Waals surface area contributed by atoms with Gasteiger partial charge in [-0.25, -0.2) is 0 Å². The molecule has 1 saturated heterocycles. The summed E-state index contributed by atoms with van der Waals surface area (Å²) in [6.07, 6.45) is -5.25. The molecule has 1 rings (SSSR count). The Morgan fingerprint density at radius 3 is 2.43 bits per heavy atom. The molecule has 5 atom stereocenters. The average molecular weight is 208 g/mol. The van der Waals surface area contributed by atoms with E-state index in [9.17, 15) is 15.3 Å². The van der Waals surface area contributed by atoms with Gasteiger partial charge in [-0.15, -0.1) is 0 Å². The van der Waals surface area contributed by atoms with Gasteiger partial charge in [0, 0.05) is 0 Å². The summed E-state index contributed by atoms with van der Waals surface area (Å²) < 4.78 is 9.86. The minimum atomic E-state index is -1.28. The SMILES string of the molecule is C[C@@H]1O[C@H](O)[C@@H](OCCO)[C@H](O)[C@@H]1O. The van der Waals surface area contributed by atoms with E-state index in [4.69, 9.17) is 14.6 Å². The van der Waals surface area contributed by atoms with Gasteiger partial charge in [0.15, 0.2) is 6.29 Å². The Kier molecular flexibility index (Phi) is 4.24. The maximum atomic E-state index is 9.51. The number of rotatable bonds is 3. The molecule has 1 fully saturated rings. The third kappa shape index (κ3) is 2.41. The molecule has 0 radical (unpaired) electrons. The largest absolute Gasteiger partial charge is 0.394 e. The van der Waals surface area contributed by atoms with E-state index in [1.165, 1.54) is 0 Å². The summed E-state index contributed by atoms with van der Waals surface area (Å²) in [5.41, 5.74) is 0. The highest BCUT2D eigenvalue weighted by molar-refractivity contribution is 4.87. The molecule has 0 spiro atoms. The quantitative estimate of drug-likeness (QED) is 0.421. The van der Waals surface area contributed by atoms with Crippen molar-refractivity contribution in [3.63, 3.8) is 0 Å². The summed E-state index contributed by atoms with van der Waals surface area (Å²) in [6.45, 7) is 1.30. The first-order valence-electron chi connectivity index (χ1n) is 4.50. The van der Waals surface area contributed by atoms with Crippen LogP contribution in [-0.2, 0) is 9.47 Å². The Labute approximate surface area is 81.7 Å². The summed E-state index contributed by atoms with van der Waals surface area (Å²) in [5.74, 6) is 0. The van der Waals surface area contributed by atoms with Gasteiger partial charge < -0.3 is 29.9 Å². The van der Waals surface area contributed by atoms with Gasteiger partial charge >= 0.3 is 0 Å². The fraction of sp³-hybridized carbons (Fsp3) is 1.00. The number of hydrogen-bond acceptors (Lipinski definition) is 6. The Bertz CT molecular complexity index is 175. The molecule has 1 aliphatic heterocycles. The van der Waals surface area contributed by atoms with Crippen molar-refractivity contribution in [3.8, 4) is 0 Å². The van der Waals surface area contributed by atoms with Crippen LogP contribution in [0.1, 0.15) is 6.92 Å². The molecule has 0 aromatic heterocycles. The van der Waals surface area contributed by atoms with Gasteiger partial charge in [0.05, 0.1) is 19.3 Å². The highest BCUT2D eigenvalue weighted by Crippen LogP contribution is 2.21. The summed E-state index contributed by atoms with van der Waals surface area (Å²) in [5, 5.41) is 36.8. The fourth-order valence-corrected chi connectivity index (χ4v) is 1.39. The maximum absolute atomic E-state index is 9.51. The molecule has 0 aliphatic carbocycles. The van der Waals surface area contributed by atoms with Gasteiger partial charge in [-0.2, -0.15) is 0 Å². The molecule has 0 saturated carbocycles. The zero-order valence-corrected chi connectivity index (χ0v) is 7.91. The van der Waals surface area contributed by atoms with E-state index in [2.05, 4.69) is 0 Å². The Morgan fingerprint density at radius 2 is 1.86 bits per heavy atom. The summed E-state index contributed by atoms with van der Waals surface area (Å²) in [6, 6.07) is 0. The topological polar surface area (TPSA) is 99.4 Å². The smallest absolute Gasteiger partial charge is 0.184 e. The molecule has 6 nitrogen and oxygen atoms in total. The van der Waals surface area contributed by atoms with Gasteiger partial charge in [0.2, 0.25) is 0 Å². The Morgan fingerprint density at radius 1 is 1.21 bits per heavy atom. The summed E-state index contributed by atoms with van der Waals surface area (Å²) in [7, 11) is 0. The summed E-state index contributed by atoms with van der Waals surface area (Å²) in [4.78, 5) is 0. The van der Waals surface area contributed by atoms with E-state index in [1.54, 1.807) is 6.92 Å². The number of aliphatic hydroxyl groups is 4. The Hall–Kier alpha value is -0.240. The Balaban J connectivity index is 2.55. The monoisotopic (exact) mass is 208 g/mol. The first-order valence-corrected chi connectivity index (χ1v) is 4.50. The summed E-state index contributed by atoms with van der Waals surface area (Å²) >= 11 is 0. The highest BCUT2D eigenvalue weighted by Gasteiger charge is 2.42. The van der Waals surface area contributed by atoms with E-state index < -0.39 is 30.7 Å². The van der Waals surface area contributed by atoms with Crippen LogP contribution < -0.4 is 0 Å². The van der Waals surface area contributed by atoms with Crippen LogP contribution in [0.3, 0.4) is 0 Å². The van der Waals surface area contributed by atoms with E-state index in [-0.39, 0.29) is 13.2 Å². The third-order valence-electron chi connectivity index (χ3n) is 2.20. The van der Waals surface area contributed by atoms with Crippen LogP contribution in [0.5, 0.6) is 0 Å². The predicted molar refractivity (Wildman–Crippen MR) is 45.4 cm³/mol. The average Bonchev–Trinajstić information content (AvgIpc) is 2.14. The molecule has 0 aromatic carbocycles. The van der Waals surface area contributed by atoms with Crippen molar-refractivity contribution in [1.29, 1.82) is 0 Å². The van der Waals surface area contributed by atoms with E-state index in [0.717, 1.165) is 0 Å². The van der Waals surface area contributed by atoms with Crippen LogP contribution in [0, 0.1) is 0 Å². The van der Waals surface area contributed by atoms with Crippen LogP contribution in [0.25, 0.3) is 0 Å². The molecule has 0 bridgehead atoms. The molecular weight excluding hydrogens is 192 g/mol. The lowest BCUT2D eigenvalue weighted by molar-refractivity contribution is -0.288. The lowest BCUT2D eigenvalue weighted by Gasteiger charge is -2.39. The van der Waals surface area contributed by atoms with Crippen molar-refractivity contribution in [2.45, 2.75) is 37.6 Å². The van der Waals surface area contributed by atoms with E-state index in [1.807, 2.05) is 0 Å². The normalized spacial score (nSPS) is 43.9. The second-order valence-corrected chi connectivity index (χ2v) is 3.27. The fourth-order valence-electron chi connectivity index (χ4n) is 1.39. The lowest BCUT2D eigenvalue weighted by atomic mass is 10.00. The van der Waals surface area contributed by atoms with Gasteiger partial charge in [0.1, 0.15) is 18.3 Å². The minimum absolute atomic E-state index is 0.0246. The van der Waals surface area contributed by atoms with Gasteiger partial charge in [0.25, 0.3) is 0 Å². The van der Waals surface area contributed by atoms with Crippen LogP contribution in [0.15, 0.2) is 0 Å². The van der Waals surface area contributed by atoms with Crippen molar-refractivity contribution in [3.05, 3.63) is 0 Å². The minimum Gasteiger partial charge on any atom is -0.394 e. The highest BCUT2D eigenvalue weighted by atomic mass is 16.7. The molecule has 0 amide bonds. The van der Waals surface area contributed by atoms with Gasteiger partial charge in [-0.3, -0.25) is 0 Å². The lowest BCUT2D eigenvalue weighted by Crippen LogP contribution is -2.57. The molecule has 84 valence electrons. The first kappa shape index (κ1) is 11.8. The predicted octanol–water partition coefficient (Wildman–Crippen LogP) is -2.18. The van der Waals surface area contributed by atoms with E-state index in [0.29, 0.717) is 0 Å². The molecule has 1 heterocycles. The van der Waals surface area contributed by atoms with Crippen molar-refractivity contribution >= 4 is 0 Å². The van der Waals surface area contributed by atoms with Crippen molar-refractivity contribution in [2.24, 2.45) is 0 Å². The van der Waals surface area contributed by atoms with Crippen molar-refractivity contribution in [2.75, 3.05) is 13.2 Å². The zero-order valence-electron chi connectivity index (χ0n) is 7.91. The molecule has 6 heteroatoms. The maximum Gasteiger partial charge on any atom is 0.184 e. The molecule has 14 heavy (non-hydrogen) atoms. The molecule has 4 N–H and O–H groups in total. The zero-order chi connectivity index (χ0) is 10.7. The molecule has 0 aromatic rings.